The highest BCUT2D eigenvalue weighted by molar-refractivity contribution is 5.87. The molecule has 1 aromatic carbocycles. The fraction of sp³-hybridized carbons (Fsp3) is 0.500. The predicted molar refractivity (Wildman–Crippen MR) is 85.7 cm³/mol. The van der Waals surface area contributed by atoms with Gasteiger partial charge in [0, 0.05) is 7.05 Å². The van der Waals surface area contributed by atoms with E-state index in [1.165, 1.54) is 50.5 Å². The summed E-state index contributed by atoms with van der Waals surface area (Å²) in [5.41, 5.74) is 1.45. The van der Waals surface area contributed by atoms with E-state index in [4.69, 9.17) is 0 Å². The van der Waals surface area contributed by atoms with Crippen LogP contribution in [0, 0.1) is 0 Å². The summed E-state index contributed by atoms with van der Waals surface area (Å²) in [6, 6.07) is 10.7. The molecular formula is C18H27NO. The van der Waals surface area contributed by atoms with Crippen LogP contribution in [0.15, 0.2) is 42.5 Å². The van der Waals surface area contributed by atoms with Crippen LogP contribution in [0.25, 0.3) is 0 Å². The Kier molecular flexibility index (Phi) is 9.29. The van der Waals surface area contributed by atoms with E-state index in [-0.39, 0.29) is 5.91 Å². The van der Waals surface area contributed by atoms with Crippen molar-refractivity contribution in [3.8, 4) is 0 Å². The minimum absolute atomic E-state index is 0.00841. The molecule has 0 saturated carbocycles. The standard InChI is InChI=1S/C18H27NO/c1-19-18(20)16-12-7-5-3-2-4-6-9-13-17-14-10-8-11-15-17/h8,10-12,14-16H,2-7,9,13H2,1H3,(H,19,20). The van der Waals surface area contributed by atoms with Crippen LogP contribution in [0.1, 0.15) is 50.5 Å². The number of hydrogen-bond donors (Lipinski definition) is 1. The number of rotatable bonds is 10. The summed E-state index contributed by atoms with van der Waals surface area (Å²) in [6.45, 7) is 0. The van der Waals surface area contributed by atoms with Crippen molar-refractivity contribution < 1.29 is 4.79 Å². The SMILES string of the molecule is CNC(=O)C=CCCCCCCCCc1ccccc1. The van der Waals surface area contributed by atoms with Gasteiger partial charge in [-0.3, -0.25) is 4.79 Å². The average Bonchev–Trinajstić information content (AvgIpc) is 2.50. The number of nitrogens with one attached hydrogen (secondary N) is 1. The number of amides is 1. The molecule has 0 bridgehead atoms. The maximum atomic E-state index is 10.9. The lowest BCUT2D eigenvalue weighted by atomic mass is 10.0. The molecule has 0 aliphatic carbocycles. The van der Waals surface area contributed by atoms with E-state index in [2.05, 4.69) is 35.6 Å². The minimum atomic E-state index is -0.00841. The monoisotopic (exact) mass is 273 g/mol. The van der Waals surface area contributed by atoms with Crippen LogP contribution in [0.4, 0.5) is 0 Å². The molecule has 0 aliphatic heterocycles. The molecule has 1 amide bonds. The molecule has 0 aliphatic rings. The maximum absolute atomic E-state index is 10.9. The highest BCUT2D eigenvalue weighted by Crippen LogP contribution is 2.10. The highest BCUT2D eigenvalue weighted by Gasteiger charge is 1.94. The van der Waals surface area contributed by atoms with Crippen molar-refractivity contribution in [1.82, 2.24) is 5.32 Å². The second-order valence-electron chi connectivity index (χ2n) is 5.16. The lowest BCUT2D eigenvalue weighted by Crippen LogP contribution is -2.13. The van der Waals surface area contributed by atoms with Crippen molar-refractivity contribution in [3.63, 3.8) is 0 Å². The maximum Gasteiger partial charge on any atom is 0.243 e. The lowest BCUT2D eigenvalue weighted by molar-refractivity contribution is -0.116. The molecule has 0 aromatic heterocycles. The number of allylic oxidation sites excluding steroid dienone is 1. The number of hydrogen-bond acceptors (Lipinski definition) is 1. The zero-order valence-electron chi connectivity index (χ0n) is 12.6. The van der Waals surface area contributed by atoms with Gasteiger partial charge in [-0.15, -0.1) is 0 Å². The van der Waals surface area contributed by atoms with Crippen molar-refractivity contribution in [2.75, 3.05) is 7.05 Å². The van der Waals surface area contributed by atoms with Crippen LogP contribution in [0.3, 0.4) is 0 Å². The molecule has 20 heavy (non-hydrogen) atoms. The van der Waals surface area contributed by atoms with E-state index in [1.807, 2.05) is 6.08 Å². The largest absolute Gasteiger partial charge is 0.356 e. The third-order valence-electron chi connectivity index (χ3n) is 3.44. The first-order valence-electron chi connectivity index (χ1n) is 7.75. The molecule has 1 rings (SSSR count). The fourth-order valence-electron chi connectivity index (χ4n) is 2.22. The third kappa shape index (κ3) is 8.52. The minimum Gasteiger partial charge on any atom is -0.356 e. The van der Waals surface area contributed by atoms with E-state index in [0.717, 1.165) is 6.42 Å². The Bertz CT molecular complexity index is 384. The molecule has 0 atom stereocenters. The van der Waals surface area contributed by atoms with Gasteiger partial charge in [0.1, 0.15) is 0 Å². The Morgan fingerprint density at radius 3 is 2.35 bits per heavy atom. The van der Waals surface area contributed by atoms with Crippen LogP contribution in [-0.2, 0) is 11.2 Å². The second kappa shape index (κ2) is 11.3. The summed E-state index contributed by atoms with van der Waals surface area (Å²) < 4.78 is 0. The van der Waals surface area contributed by atoms with Gasteiger partial charge in [0.2, 0.25) is 5.91 Å². The van der Waals surface area contributed by atoms with E-state index >= 15 is 0 Å². The van der Waals surface area contributed by atoms with Gasteiger partial charge in [0.25, 0.3) is 0 Å². The quantitative estimate of drug-likeness (QED) is 0.501. The molecule has 2 heteroatoms. The molecule has 2 nitrogen and oxygen atoms in total. The van der Waals surface area contributed by atoms with Crippen molar-refractivity contribution in [2.45, 2.75) is 51.4 Å². The lowest BCUT2D eigenvalue weighted by Gasteiger charge is -2.02. The van der Waals surface area contributed by atoms with Gasteiger partial charge in [-0.2, -0.15) is 0 Å². The Morgan fingerprint density at radius 2 is 1.65 bits per heavy atom. The van der Waals surface area contributed by atoms with Gasteiger partial charge < -0.3 is 5.32 Å². The van der Waals surface area contributed by atoms with E-state index in [1.54, 1.807) is 13.1 Å². The fourth-order valence-corrected chi connectivity index (χ4v) is 2.22. The Labute approximate surface area is 123 Å². The first-order valence-corrected chi connectivity index (χ1v) is 7.75. The molecule has 110 valence electrons. The number of carbonyl (C=O) groups excluding carboxylic acids is 1. The summed E-state index contributed by atoms with van der Waals surface area (Å²) in [7, 11) is 1.65. The molecule has 1 aromatic rings. The number of unbranched alkanes of at least 4 members (excludes halogenated alkanes) is 6. The number of carbonyl (C=O) groups is 1. The van der Waals surface area contributed by atoms with Gasteiger partial charge in [0.05, 0.1) is 0 Å². The van der Waals surface area contributed by atoms with Gasteiger partial charge in [-0.1, -0.05) is 62.1 Å². The molecule has 1 N–H and O–H groups in total. The van der Waals surface area contributed by atoms with E-state index in [9.17, 15) is 4.79 Å². The normalized spacial score (nSPS) is 10.8. The van der Waals surface area contributed by atoms with Crippen molar-refractivity contribution in [1.29, 1.82) is 0 Å². The molecule has 0 fully saturated rings. The Hall–Kier alpha value is -1.57. The van der Waals surface area contributed by atoms with Crippen LogP contribution in [0.5, 0.6) is 0 Å². The molecule has 0 heterocycles. The third-order valence-corrected chi connectivity index (χ3v) is 3.44. The average molecular weight is 273 g/mol. The van der Waals surface area contributed by atoms with Crippen LogP contribution in [0.2, 0.25) is 0 Å². The topological polar surface area (TPSA) is 29.1 Å². The first kappa shape index (κ1) is 16.5. The first-order chi connectivity index (χ1) is 9.83. The predicted octanol–water partition coefficient (Wildman–Crippen LogP) is 4.26. The second-order valence-corrected chi connectivity index (χ2v) is 5.16. The molecule has 0 spiro atoms. The Balaban J connectivity index is 1.88. The van der Waals surface area contributed by atoms with Gasteiger partial charge in [-0.25, -0.2) is 0 Å². The van der Waals surface area contributed by atoms with Crippen molar-refractivity contribution in [2.24, 2.45) is 0 Å². The van der Waals surface area contributed by atoms with Crippen LogP contribution < -0.4 is 5.32 Å². The zero-order valence-corrected chi connectivity index (χ0v) is 12.6. The highest BCUT2D eigenvalue weighted by atomic mass is 16.1. The van der Waals surface area contributed by atoms with Crippen LogP contribution in [-0.4, -0.2) is 13.0 Å². The number of aryl methyl sites for hydroxylation is 1. The van der Waals surface area contributed by atoms with Crippen molar-refractivity contribution >= 4 is 5.91 Å². The van der Waals surface area contributed by atoms with E-state index < -0.39 is 0 Å². The molecule has 0 saturated heterocycles. The smallest absolute Gasteiger partial charge is 0.243 e. The summed E-state index contributed by atoms with van der Waals surface area (Å²) in [6.07, 6.45) is 13.5. The summed E-state index contributed by atoms with van der Waals surface area (Å²) in [4.78, 5) is 10.9. The Morgan fingerprint density at radius 1 is 1.00 bits per heavy atom. The zero-order chi connectivity index (χ0) is 14.5. The van der Waals surface area contributed by atoms with Gasteiger partial charge >= 0.3 is 0 Å². The molecule has 0 radical (unpaired) electrons. The number of likely N-dealkylation sites (N-methyl/N-ethyl adjacent to an activating group) is 1. The molecule has 0 unspecified atom stereocenters. The van der Waals surface area contributed by atoms with Gasteiger partial charge in [0.15, 0.2) is 0 Å². The van der Waals surface area contributed by atoms with Crippen molar-refractivity contribution in [3.05, 3.63) is 48.0 Å². The summed E-state index contributed by atoms with van der Waals surface area (Å²) in [5.74, 6) is -0.00841. The van der Waals surface area contributed by atoms with Crippen LogP contribution >= 0.6 is 0 Å². The molecular weight excluding hydrogens is 246 g/mol. The number of benzene rings is 1. The summed E-state index contributed by atoms with van der Waals surface area (Å²) >= 11 is 0. The van der Waals surface area contributed by atoms with Gasteiger partial charge in [-0.05, 0) is 37.3 Å². The van der Waals surface area contributed by atoms with E-state index in [0.29, 0.717) is 0 Å². The summed E-state index contributed by atoms with van der Waals surface area (Å²) in [5, 5.41) is 2.58.